The third-order valence-electron chi connectivity index (χ3n) is 2.62. The highest BCUT2D eigenvalue weighted by molar-refractivity contribution is 6.07. The fourth-order valence-electron chi connectivity index (χ4n) is 1.91. The van der Waals surface area contributed by atoms with Gasteiger partial charge in [-0.1, -0.05) is 42.5 Å². The number of rotatable bonds is 0. The second kappa shape index (κ2) is 3.06. The van der Waals surface area contributed by atoms with Gasteiger partial charge in [0.15, 0.2) is 0 Å². The van der Waals surface area contributed by atoms with Gasteiger partial charge in [0.05, 0.1) is 0 Å². The monoisotopic (exact) mass is 195 g/mol. The van der Waals surface area contributed by atoms with Crippen LogP contribution < -0.4 is 0 Å². The molecule has 3 aromatic carbocycles. The molecule has 0 amide bonds. The SMILES string of the molecule is Fc1[c]c2ccc3ccccc3c2cc1. The van der Waals surface area contributed by atoms with Crippen LogP contribution in [0.25, 0.3) is 21.5 Å². The van der Waals surface area contributed by atoms with E-state index in [4.69, 9.17) is 0 Å². The second-order valence-corrected chi connectivity index (χ2v) is 3.55. The summed E-state index contributed by atoms with van der Waals surface area (Å²) in [5.41, 5.74) is 0. The molecule has 0 spiro atoms. The number of hydrogen-bond acceptors (Lipinski definition) is 0. The molecular formula is C14H8F. The van der Waals surface area contributed by atoms with Crippen LogP contribution in [0, 0.1) is 11.9 Å². The average Bonchev–Trinajstić information content (AvgIpc) is 2.28. The largest absolute Gasteiger partial charge is 0.206 e. The van der Waals surface area contributed by atoms with E-state index in [1.165, 1.54) is 11.5 Å². The predicted octanol–water partition coefficient (Wildman–Crippen LogP) is 3.93. The van der Waals surface area contributed by atoms with Crippen molar-refractivity contribution in [3.63, 3.8) is 0 Å². The minimum Gasteiger partial charge on any atom is -0.206 e. The van der Waals surface area contributed by atoms with E-state index in [1.807, 2.05) is 36.4 Å². The van der Waals surface area contributed by atoms with E-state index in [1.54, 1.807) is 0 Å². The van der Waals surface area contributed by atoms with E-state index in [0.717, 1.165) is 16.2 Å². The van der Waals surface area contributed by atoms with Crippen molar-refractivity contribution >= 4 is 21.5 Å². The Morgan fingerprint density at radius 2 is 1.67 bits per heavy atom. The first-order valence-corrected chi connectivity index (χ1v) is 4.84. The molecule has 3 rings (SSSR count). The Morgan fingerprint density at radius 1 is 0.800 bits per heavy atom. The van der Waals surface area contributed by atoms with Crippen molar-refractivity contribution < 1.29 is 4.39 Å². The molecule has 0 bridgehead atoms. The maximum atomic E-state index is 13.0. The van der Waals surface area contributed by atoms with Gasteiger partial charge in [0, 0.05) is 6.07 Å². The molecule has 0 saturated carbocycles. The molecule has 0 N–H and O–H groups in total. The first kappa shape index (κ1) is 8.42. The molecule has 0 heterocycles. The lowest BCUT2D eigenvalue weighted by atomic mass is 10.0. The third kappa shape index (κ3) is 1.28. The maximum absolute atomic E-state index is 13.0. The lowest BCUT2D eigenvalue weighted by Gasteiger charge is -2.02. The van der Waals surface area contributed by atoms with Crippen molar-refractivity contribution in [2.24, 2.45) is 0 Å². The van der Waals surface area contributed by atoms with Gasteiger partial charge in [-0.3, -0.25) is 0 Å². The average molecular weight is 195 g/mol. The van der Waals surface area contributed by atoms with Gasteiger partial charge in [0.25, 0.3) is 0 Å². The van der Waals surface area contributed by atoms with E-state index < -0.39 is 0 Å². The van der Waals surface area contributed by atoms with Crippen molar-refractivity contribution in [3.8, 4) is 0 Å². The molecule has 0 aliphatic heterocycles. The predicted molar refractivity (Wildman–Crippen MR) is 60.2 cm³/mol. The van der Waals surface area contributed by atoms with Crippen LogP contribution in [-0.2, 0) is 0 Å². The summed E-state index contributed by atoms with van der Waals surface area (Å²) in [6.07, 6.45) is 0. The van der Waals surface area contributed by atoms with Gasteiger partial charge in [-0.05, 0) is 27.6 Å². The fraction of sp³-hybridized carbons (Fsp3) is 0. The minimum atomic E-state index is -0.308. The number of benzene rings is 3. The third-order valence-corrected chi connectivity index (χ3v) is 2.62. The van der Waals surface area contributed by atoms with Gasteiger partial charge >= 0.3 is 0 Å². The van der Waals surface area contributed by atoms with Crippen molar-refractivity contribution in [2.75, 3.05) is 0 Å². The highest BCUT2D eigenvalue weighted by atomic mass is 19.1. The van der Waals surface area contributed by atoms with Crippen molar-refractivity contribution in [2.45, 2.75) is 0 Å². The molecule has 71 valence electrons. The van der Waals surface area contributed by atoms with Crippen LogP contribution in [0.2, 0.25) is 0 Å². The van der Waals surface area contributed by atoms with Gasteiger partial charge < -0.3 is 0 Å². The number of halogens is 1. The van der Waals surface area contributed by atoms with E-state index >= 15 is 0 Å². The molecule has 15 heavy (non-hydrogen) atoms. The van der Waals surface area contributed by atoms with E-state index in [2.05, 4.69) is 12.1 Å². The molecule has 0 nitrogen and oxygen atoms in total. The van der Waals surface area contributed by atoms with Crippen LogP contribution in [0.15, 0.2) is 48.5 Å². The molecule has 0 unspecified atom stereocenters. The van der Waals surface area contributed by atoms with Crippen molar-refractivity contribution in [3.05, 3.63) is 60.4 Å². The molecule has 0 aromatic heterocycles. The summed E-state index contributed by atoms with van der Waals surface area (Å²) in [6, 6.07) is 18.0. The number of hydrogen-bond donors (Lipinski definition) is 0. The quantitative estimate of drug-likeness (QED) is 0.477. The van der Waals surface area contributed by atoms with Gasteiger partial charge in [-0.15, -0.1) is 0 Å². The van der Waals surface area contributed by atoms with E-state index in [9.17, 15) is 4.39 Å². The summed E-state index contributed by atoms with van der Waals surface area (Å²) >= 11 is 0. The fourth-order valence-corrected chi connectivity index (χ4v) is 1.91. The van der Waals surface area contributed by atoms with Crippen LogP contribution in [0.5, 0.6) is 0 Å². The lowest BCUT2D eigenvalue weighted by molar-refractivity contribution is 0.627. The summed E-state index contributed by atoms with van der Waals surface area (Å²) in [6.45, 7) is 0. The Bertz CT molecular complexity index is 641. The zero-order valence-corrected chi connectivity index (χ0v) is 8.00. The van der Waals surface area contributed by atoms with E-state index in [-0.39, 0.29) is 5.82 Å². The highest BCUT2D eigenvalue weighted by Gasteiger charge is 2.00. The van der Waals surface area contributed by atoms with Gasteiger partial charge in [-0.2, -0.15) is 0 Å². The zero-order chi connectivity index (χ0) is 10.3. The maximum Gasteiger partial charge on any atom is 0.131 e. The van der Waals surface area contributed by atoms with Gasteiger partial charge in [0.1, 0.15) is 5.82 Å². The van der Waals surface area contributed by atoms with Crippen molar-refractivity contribution in [1.29, 1.82) is 0 Å². The molecule has 3 aromatic rings. The normalized spacial score (nSPS) is 11.0. The Labute approximate surface area is 87.0 Å². The van der Waals surface area contributed by atoms with Crippen LogP contribution >= 0.6 is 0 Å². The molecule has 0 aliphatic rings. The molecular weight excluding hydrogens is 187 g/mol. The van der Waals surface area contributed by atoms with Crippen LogP contribution in [0.3, 0.4) is 0 Å². The van der Waals surface area contributed by atoms with E-state index in [0.29, 0.717) is 0 Å². The van der Waals surface area contributed by atoms with Crippen LogP contribution in [-0.4, -0.2) is 0 Å². The first-order valence-electron chi connectivity index (χ1n) is 4.84. The topological polar surface area (TPSA) is 0 Å². The summed E-state index contributed by atoms with van der Waals surface area (Å²) in [5, 5.41) is 4.19. The van der Waals surface area contributed by atoms with Crippen molar-refractivity contribution in [1.82, 2.24) is 0 Å². The number of fused-ring (bicyclic) bond motifs is 3. The summed E-state index contributed by atoms with van der Waals surface area (Å²) in [7, 11) is 0. The molecule has 1 radical (unpaired) electrons. The Kier molecular flexibility index (Phi) is 1.72. The zero-order valence-electron chi connectivity index (χ0n) is 8.00. The molecule has 0 fully saturated rings. The minimum absolute atomic E-state index is 0.308. The summed E-state index contributed by atoms with van der Waals surface area (Å²) < 4.78 is 13.0. The second-order valence-electron chi connectivity index (χ2n) is 3.55. The van der Waals surface area contributed by atoms with Crippen LogP contribution in [0.4, 0.5) is 4.39 Å². The lowest BCUT2D eigenvalue weighted by Crippen LogP contribution is -1.79. The highest BCUT2D eigenvalue weighted by Crippen LogP contribution is 2.25. The first-order chi connectivity index (χ1) is 7.34. The standard InChI is InChI=1S/C14H8F/c15-12-7-8-14-11(9-12)6-5-10-3-1-2-4-13(10)14/h1-8H. The Morgan fingerprint density at radius 3 is 2.60 bits per heavy atom. The molecule has 0 aliphatic carbocycles. The molecule has 1 heteroatoms. The van der Waals surface area contributed by atoms with Crippen LogP contribution in [0.1, 0.15) is 0 Å². The Balaban J connectivity index is 2.55. The Hall–Kier alpha value is -1.89. The smallest absolute Gasteiger partial charge is 0.131 e. The van der Waals surface area contributed by atoms with Gasteiger partial charge in [-0.25, -0.2) is 4.39 Å². The molecule has 0 atom stereocenters. The summed E-state index contributed by atoms with van der Waals surface area (Å²) in [5.74, 6) is -0.308. The molecule has 0 saturated heterocycles. The summed E-state index contributed by atoms with van der Waals surface area (Å²) in [4.78, 5) is 0. The van der Waals surface area contributed by atoms with Gasteiger partial charge in [0.2, 0.25) is 0 Å².